The molecule has 0 radical (unpaired) electrons. The fourth-order valence-corrected chi connectivity index (χ4v) is 1.71. The molecule has 74 valence electrons. The van der Waals surface area contributed by atoms with Gasteiger partial charge in [-0.05, 0) is 13.1 Å². The lowest BCUT2D eigenvalue weighted by molar-refractivity contribution is 0.116. The van der Waals surface area contributed by atoms with Crippen molar-refractivity contribution in [2.75, 3.05) is 33.2 Å². The fraction of sp³-hybridized carbons (Fsp3) is 0.750. The second-order valence-electron chi connectivity index (χ2n) is 3.68. The van der Waals surface area contributed by atoms with Crippen LogP contribution in [0.2, 0.25) is 0 Å². The largest absolute Gasteiger partial charge is 0.385 e. The highest BCUT2D eigenvalue weighted by Crippen LogP contribution is 2.06. The van der Waals surface area contributed by atoms with Crippen LogP contribution in [0.15, 0.2) is 11.9 Å². The molecule has 1 unspecified atom stereocenters. The van der Waals surface area contributed by atoms with E-state index < -0.39 is 0 Å². The number of hydrogen-bond donors (Lipinski definition) is 3. The first-order valence-corrected chi connectivity index (χ1v) is 4.67. The molecular weight excluding hydrogens is 166 g/mol. The van der Waals surface area contributed by atoms with Crippen molar-refractivity contribution >= 4 is 0 Å². The van der Waals surface area contributed by atoms with E-state index >= 15 is 0 Å². The summed E-state index contributed by atoms with van der Waals surface area (Å²) >= 11 is 0. The number of nitrogens with zero attached hydrogens (tertiary/aromatic N) is 2. The summed E-state index contributed by atoms with van der Waals surface area (Å²) in [6.07, 6.45) is 2.29. The predicted octanol–water partition coefficient (Wildman–Crippen LogP) is -1.53. The summed E-state index contributed by atoms with van der Waals surface area (Å²) < 4.78 is 0. The molecule has 2 aliphatic heterocycles. The van der Waals surface area contributed by atoms with E-state index in [0.717, 1.165) is 32.0 Å². The summed E-state index contributed by atoms with van der Waals surface area (Å²) in [6.45, 7) is 4.46. The van der Waals surface area contributed by atoms with Crippen LogP contribution in [0, 0.1) is 0 Å². The van der Waals surface area contributed by atoms with E-state index in [1.807, 2.05) is 6.08 Å². The Morgan fingerprint density at radius 3 is 2.62 bits per heavy atom. The van der Waals surface area contributed by atoms with E-state index in [0.29, 0.717) is 0 Å². The van der Waals surface area contributed by atoms with Crippen molar-refractivity contribution in [3.8, 4) is 0 Å². The molecule has 2 aliphatic rings. The molecule has 0 aliphatic carbocycles. The van der Waals surface area contributed by atoms with Crippen LogP contribution in [0.5, 0.6) is 0 Å². The van der Waals surface area contributed by atoms with Gasteiger partial charge in [0, 0.05) is 26.2 Å². The molecule has 0 aromatic heterocycles. The number of piperazine rings is 1. The monoisotopic (exact) mass is 183 g/mol. The standard InChI is InChI=1S/C8H17N5/c1-12-2-4-13(5-3-12)8-6-7(9)10-11-8/h6,8,10-11H,2-5,9H2,1H3. The maximum atomic E-state index is 5.61. The van der Waals surface area contributed by atoms with Gasteiger partial charge in [-0.1, -0.05) is 0 Å². The van der Waals surface area contributed by atoms with Crippen molar-refractivity contribution in [3.05, 3.63) is 11.9 Å². The molecule has 0 amide bonds. The lowest BCUT2D eigenvalue weighted by Gasteiger charge is -2.35. The maximum Gasteiger partial charge on any atom is 0.109 e. The van der Waals surface area contributed by atoms with Crippen molar-refractivity contribution in [2.45, 2.75) is 6.17 Å². The van der Waals surface area contributed by atoms with Crippen LogP contribution in [0.25, 0.3) is 0 Å². The summed E-state index contributed by atoms with van der Waals surface area (Å²) in [5.74, 6) is 0.726. The van der Waals surface area contributed by atoms with E-state index in [2.05, 4.69) is 27.7 Å². The number of nitrogens with one attached hydrogen (secondary N) is 2. The molecule has 4 N–H and O–H groups in total. The van der Waals surface area contributed by atoms with Gasteiger partial charge < -0.3 is 16.1 Å². The Kier molecular flexibility index (Phi) is 2.39. The number of rotatable bonds is 1. The first-order valence-electron chi connectivity index (χ1n) is 4.67. The lowest BCUT2D eigenvalue weighted by atomic mass is 10.3. The number of nitrogens with two attached hydrogens (primary N) is 1. The highest BCUT2D eigenvalue weighted by Gasteiger charge is 2.23. The highest BCUT2D eigenvalue weighted by molar-refractivity contribution is 5.06. The van der Waals surface area contributed by atoms with Crippen LogP contribution < -0.4 is 16.6 Å². The summed E-state index contributed by atoms with van der Waals surface area (Å²) in [5, 5.41) is 0. The first-order chi connectivity index (χ1) is 6.25. The molecular formula is C8H17N5. The van der Waals surface area contributed by atoms with Crippen molar-refractivity contribution in [3.63, 3.8) is 0 Å². The molecule has 0 aromatic carbocycles. The smallest absolute Gasteiger partial charge is 0.109 e. The van der Waals surface area contributed by atoms with Gasteiger partial charge in [-0.15, -0.1) is 0 Å². The zero-order chi connectivity index (χ0) is 9.26. The SMILES string of the molecule is CN1CCN(C2C=C(N)NN2)CC1. The van der Waals surface area contributed by atoms with Crippen molar-refractivity contribution < 1.29 is 0 Å². The molecule has 0 spiro atoms. The van der Waals surface area contributed by atoms with E-state index in [9.17, 15) is 0 Å². The van der Waals surface area contributed by atoms with Gasteiger partial charge in [0.15, 0.2) is 0 Å². The van der Waals surface area contributed by atoms with Crippen LogP contribution in [0.3, 0.4) is 0 Å². The predicted molar refractivity (Wildman–Crippen MR) is 51.4 cm³/mol. The quantitative estimate of drug-likeness (QED) is 0.460. The molecule has 5 nitrogen and oxygen atoms in total. The van der Waals surface area contributed by atoms with Crippen molar-refractivity contribution in [1.29, 1.82) is 0 Å². The minimum atomic E-state index is 0.272. The minimum Gasteiger partial charge on any atom is -0.385 e. The average molecular weight is 183 g/mol. The lowest BCUT2D eigenvalue weighted by Crippen LogP contribution is -2.53. The Morgan fingerprint density at radius 1 is 1.38 bits per heavy atom. The molecule has 1 atom stereocenters. The van der Waals surface area contributed by atoms with Gasteiger partial charge in [-0.3, -0.25) is 4.90 Å². The first kappa shape index (κ1) is 8.80. The summed E-state index contributed by atoms with van der Waals surface area (Å²) in [7, 11) is 2.15. The van der Waals surface area contributed by atoms with Gasteiger partial charge in [0.2, 0.25) is 0 Å². The minimum absolute atomic E-state index is 0.272. The average Bonchev–Trinajstić information content (AvgIpc) is 2.53. The third-order valence-corrected chi connectivity index (χ3v) is 2.63. The van der Waals surface area contributed by atoms with Crippen LogP contribution in [-0.2, 0) is 0 Å². The summed E-state index contributed by atoms with van der Waals surface area (Å²) in [5.41, 5.74) is 11.7. The zero-order valence-electron chi connectivity index (χ0n) is 7.95. The van der Waals surface area contributed by atoms with E-state index in [1.54, 1.807) is 0 Å². The van der Waals surface area contributed by atoms with E-state index in [4.69, 9.17) is 5.73 Å². The van der Waals surface area contributed by atoms with Gasteiger partial charge in [-0.2, -0.15) is 0 Å². The second kappa shape index (κ2) is 3.53. The molecule has 5 heteroatoms. The van der Waals surface area contributed by atoms with Crippen molar-refractivity contribution in [1.82, 2.24) is 20.7 Å². The fourth-order valence-electron chi connectivity index (χ4n) is 1.71. The number of hydrogen-bond acceptors (Lipinski definition) is 5. The number of hydrazine groups is 1. The Hall–Kier alpha value is -0.780. The Balaban J connectivity index is 1.88. The molecule has 13 heavy (non-hydrogen) atoms. The number of likely N-dealkylation sites (N-methyl/N-ethyl adjacent to an activating group) is 1. The zero-order valence-corrected chi connectivity index (χ0v) is 7.95. The Labute approximate surface area is 78.5 Å². The summed E-state index contributed by atoms with van der Waals surface area (Å²) in [4.78, 5) is 4.72. The molecule has 0 saturated carbocycles. The van der Waals surface area contributed by atoms with Crippen LogP contribution >= 0.6 is 0 Å². The van der Waals surface area contributed by atoms with Gasteiger partial charge in [0.1, 0.15) is 12.0 Å². The highest BCUT2D eigenvalue weighted by atomic mass is 15.5. The normalized spacial score (nSPS) is 31.5. The van der Waals surface area contributed by atoms with Crippen LogP contribution in [0.4, 0.5) is 0 Å². The van der Waals surface area contributed by atoms with Crippen LogP contribution in [-0.4, -0.2) is 49.2 Å². The molecule has 1 saturated heterocycles. The van der Waals surface area contributed by atoms with Crippen molar-refractivity contribution in [2.24, 2.45) is 5.73 Å². The van der Waals surface area contributed by atoms with E-state index in [1.165, 1.54) is 0 Å². The Morgan fingerprint density at radius 2 is 2.08 bits per heavy atom. The molecule has 2 rings (SSSR count). The topological polar surface area (TPSA) is 56.6 Å². The maximum absolute atomic E-state index is 5.61. The van der Waals surface area contributed by atoms with Crippen LogP contribution in [0.1, 0.15) is 0 Å². The Bertz CT molecular complexity index is 207. The molecule has 0 bridgehead atoms. The van der Waals surface area contributed by atoms with Gasteiger partial charge in [0.25, 0.3) is 0 Å². The van der Waals surface area contributed by atoms with Gasteiger partial charge in [0.05, 0.1) is 0 Å². The second-order valence-corrected chi connectivity index (χ2v) is 3.68. The van der Waals surface area contributed by atoms with Gasteiger partial charge >= 0.3 is 0 Å². The molecule has 2 heterocycles. The van der Waals surface area contributed by atoms with Gasteiger partial charge in [-0.25, -0.2) is 5.43 Å². The van der Waals surface area contributed by atoms with E-state index in [-0.39, 0.29) is 6.17 Å². The summed E-state index contributed by atoms with van der Waals surface area (Å²) in [6, 6.07) is 0. The third kappa shape index (κ3) is 1.93. The third-order valence-electron chi connectivity index (χ3n) is 2.63. The molecule has 0 aromatic rings. The molecule has 1 fully saturated rings.